The van der Waals surface area contributed by atoms with Crippen molar-refractivity contribution in [2.45, 2.75) is 44.4 Å². The van der Waals surface area contributed by atoms with E-state index in [9.17, 15) is 13.8 Å². The molecule has 1 heterocycles. The molecule has 6 rings (SSSR count). The van der Waals surface area contributed by atoms with E-state index in [1.807, 2.05) is 32.9 Å². The van der Waals surface area contributed by atoms with Gasteiger partial charge in [-0.15, -0.1) is 0 Å². The van der Waals surface area contributed by atoms with E-state index in [4.69, 9.17) is 22.1 Å². The number of primary amides is 1. The molecule has 9 heteroatoms. The summed E-state index contributed by atoms with van der Waals surface area (Å²) >= 11 is 6.10. The van der Waals surface area contributed by atoms with Crippen LogP contribution in [0.25, 0.3) is 21.7 Å². The average molecular weight is 603 g/mol. The monoisotopic (exact) mass is 602 g/mol. The van der Waals surface area contributed by atoms with Crippen LogP contribution < -0.4 is 10.5 Å². The van der Waals surface area contributed by atoms with Crippen LogP contribution in [0.5, 0.6) is 5.75 Å². The third kappa shape index (κ3) is 5.10. The molecule has 0 saturated heterocycles. The number of hydrogen-bond donors (Lipinski definition) is 1. The standard InChI is InChI=1S/C33H28ClFN2O4S/c1-17-8-18(2)32(19(3)9-17)42(40)37-15-27(25-13-28(35)24(14-29(25)37)20-4-5-20)30(38)16-41-31-12-21-6-7-23(34)10-22(21)11-26(31)33(36)39/h6-15,20H,4-5,16H2,1-3H3,(H2,36,39). The number of ketones is 1. The van der Waals surface area contributed by atoms with Gasteiger partial charge in [0.05, 0.1) is 16.0 Å². The zero-order chi connectivity index (χ0) is 29.9. The number of Topliss-reactive ketones (excluding diaryl/α,β-unsaturated/α-hetero) is 1. The number of halogens is 2. The molecule has 0 radical (unpaired) electrons. The molecule has 42 heavy (non-hydrogen) atoms. The molecule has 0 bridgehead atoms. The normalized spacial score (nSPS) is 13.9. The van der Waals surface area contributed by atoms with Crippen molar-refractivity contribution >= 4 is 56.0 Å². The molecule has 1 fully saturated rings. The molecular formula is C33H28ClFN2O4S. The first-order valence-electron chi connectivity index (χ1n) is 13.6. The third-order valence-electron chi connectivity index (χ3n) is 7.69. The van der Waals surface area contributed by atoms with Gasteiger partial charge < -0.3 is 10.5 Å². The number of hydrogen-bond acceptors (Lipinski definition) is 4. The van der Waals surface area contributed by atoms with Crippen LogP contribution in [-0.2, 0) is 11.0 Å². The number of nitrogens with two attached hydrogens (primary N) is 1. The maximum absolute atomic E-state index is 15.2. The number of nitrogens with zero attached hydrogens (tertiary/aromatic N) is 1. The summed E-state index contributed by atoms with van der Waals surface area (Å²) in [4.78, 5) is 26.5. The molecule has 4 aromatic carbocycles. The molecule has 1 aliphatic carbocycles. The first-order chi connectivity index (χ1) is 20.0. The van der Waals surface area contributed by atoms with E-state index < -0.39 is 35.1 Å². The summed E-state index contributed by atoms with van der Waals surface area (Å²) in [6, 6.07) is 15.4. The number of benzene rings is 4. The number of ether oxygens (including phenoxy) is 1. The van der Waals surface area contributed by atoms with Crippen molar-refractivity contribution in [2.24, 2.45) is 5.73 Å². The van der Waals surface area contributed by atoms with Gasteiger partial charge in [-0.05, 0) is 103 Å². The summed E-state index contributed by atoms with van der Waals surface area (Å²) in [5.74, 6) is -1.31. The predicted octanol–water partition coefficient (Wildman–Crippen LogP) is 7.32. The number of carbonyl (C=O) groups is 2. The molecule has 1 atom stereocenters. The highest BCUT2D eigenvalue weighted by Gasteiger charge is 2.29. The largest absolute Gasteiger partial charge is 0.485 e. The molecule has 1 aliphatic rings. The van der Waals surface area contributed by atoms with Gasteiger partial charge >= 0.3 is 0 Å². The summed E-state index contributed by atoms with van der Waals surface area (Å²) in [5, 5.41) is 2.30. The Labute approximate surface area is 249 Å². The number of fused-ring (bicyclic) bond motifs is 2. The summed E-state index contributed by atoms with van der Waals surface area (Å²) in [7, 11) is -1.69. The highest BCUT2D eigenvalue weighted by Crippen LogP contribution is 2.43. The highest BCUT2D eigenvalue weighted by atomic mass is 35.5. The van der Waals surface area contributed by atoms with E-state index in [0.717, 1.165) is 34.9 Å². The van der Waals surface area contributed by atoms with Crippen LogP contribution in [0.3, 0.4) is 0 Å². The summed E-state index contributed by atoms with van der Waals surface area (Å²) in [6.07, 6.45) is 3.29. The van der Waals surface area contributed by atoms with E-state index in [1.54, 1.807) is 40.4 Å². The number of aryl methyl sites for hydroxylation is 3. The Bertz CT molecular complexity index is 1960. The molecule has 214 valence electrons. The molecule has 0 spiro atoms. The minimum Gasteiger partial charge on any atom is -0.485 e. The topological polar surface area (TPSA) is 91.4 Å². The van der Waals surface area contributed by atoms with Gasteiger partial charge in [-0.2, -0.15) is 0 Å². The lowest BCUT2D eigenvalue weighted by atomic mass is 10.0. The lowest BCUT2D eigenvalue weighted by Gasteiger charge is -2.13. The molecule has 1 unspecified atom stereocenters. The molecule has 1 aromatic heterocycles. The molecule has 1 saturated carbocycles. The molecular weight excluding hydrogens is 575 g/mol. The Kier molecular flexibility index (Phi) is 7.15. The second-order valence-corrected chi connectivity index (χ2v) is 12.7. The second kappa shape index (κ2) is 10.7. The minimum atomic E-state index is -1.69. The quantitative estimate of drug-likeness (QED) is 0.188. The first kappa shape index (κ1) is 28.1. The van der Waals surface area contributed by atoms with Gasteiger partial charge in [0.25, 0.3) is 5.91 Å². The first-order valence-corrected chi connectivity index (χ1v) is 15.0. The SMILES string of the molecule is Cc1cc(C)c(S(=O)n2cc(C(=O)COc3cc4ccc(Cl)cc4cc3C(N)=O)c3cc(F)c(C4CC4)cc32)c(C)c1. The Morgan fingerprint density at radius 3 is 2.38 bits per heavy atom. The van der Waals surface area contributed by atoms with Crippen LogP contribution in [-0.4, -0.2) is 26.5 Å². The van der Waals surface area contributed by atoms with E-state index in [0.29, 0.717) is 31.8 Å². The van der Waals surface area contributed by atoms with Gasteiger partial charge in [-0.25, -0.2) is 8.60 Å². The molecule has 6 nitrogen and oxygen atoms in total. The van der Waals surface area contributed by atoms with Crippen molar-refractivity contribution in [1.82, 2.24) is 3.97 Å². The fourth-order valence-electron chi connectivity index (χ4n) is 5.62. The van der Waals surface area contributed by atoms with Crippen LogP contribution in [0.4, 0.5) is 4.39 Å². The fraction of sp³-hybridized carbons (Fsp3) is 0.212. The Balaban J connectivity index is 1.41. The summed E-state index contributed by atoms with van der Waals surface area (Å²) in [6.45, 7) is 5.34. The van der Waals surface area contributed by atoms with Crippen LogP contribution >= 0.6 is 11.6 Å². The van der Waals surface area contributed by atoms with Crippen molar-refractivity contribution in [2.75, 3.05) is 6.61 Å². The van der Waals surface area contributed by atoms with Crippen LogP contribution in [0.2, 0.25) is 5.02 Å². The Morgan fingerprint density at radius 2 is 1.71 bits per heavy atom. The maximum Gasteiger partial charge on any atom is 0.252 e. The van der Waals surface area contributed by atoms with E-state index in [-0.39, 0.29) is 22.8 Å². The van der Waals surface area contributed by atoms with Crippen molar-refractivity contribution in [1.29, 1.82) is 0 Å². The zero-order valence-corrected chi connectivity index (χ0v) is 24.9. The summed E-state index contributed by atoms with van der Waals surface area (Å²) < 4.78 is 36.7. The molecule has 1 amide bonds. The Hall–Kier alpha value is -4.01. The number of carbonyl (C=O) groups excluding carboxylic acids is 2. The predicted molar refractivity (Wildman–Crippen MR) is 164 cm³/mol. The van der Waals surface area contributed by atoms with Crippen molar-refractivity contribution in [3.05, 3.63) is 105 Å². The lowest BCUT2D eigenvalue weighted by molar-refractivity contribution is 0.0914. The molecule has 5 aromatic rings. The van der Waals surface area contributed by atoms with Crippen molar-refractivity contribution < 1.29 is 22.9 Å². The maximum atomic E-state index is 15.2. The van der Waals surface area contributed by atoms with Gasteiger partial charge in [0.1, 0.15) is 11.6 Å². The molecule has 2 N–H and O–H groups in total. The fourth-order valence-corrected chi connectivity index (χ4v) is 7.20. The van der Waals surface area contributed by atoms with Gasteiger partial charge in [0.15, 0.2) is 17.6 Å². The van der Waals surface area contributed by atoms with Crippen LogP contribution in [0, 0.1) is 26.6 Å². The number of aromatic nitrogens is 1. The smallest absolute Gasteiger partial charge is 0.252 e. The van der Waals surface area contributed by atoms with Gasteiger partial charge in [-0.1, -0.05) is 35.4 Å². The van der Waals surface area contributed by atoms with Crippen LogP contribution in [0.1, 0.15) is 61.7 Å². The highest BCUT2D eigenvalue weighted by molar-refractivity contribution is 7.83. The number of rotatable bonds is 8. The number of amides is 1. The van der Waals surface area contributed by atoms with E-state index in [1.165, 1.54) is 12.3 Å². The average Bonchev–Trinajstić information content (AvgIpc) is 3.70. The van der Waals surface area contributed by atoms with E-state index >= 15 is 4.39 Å². The molecule has 0 aliphatic heterocycles. The van der Waals surface area contributed by atoms with Crippen LogP contribution in [0.15, 0.2) is 65.7 Å². The Morgan fingerprint density at radius 1 is 1.00 bits per heavy atom. The van der Waals surface area contributed by atoms with Crippen molar-refractivity contribution in [3.63, 3.8) is 0 Å². The summed E-state index contributed by atoms with van der Waals surface area (Å²) in [5.41, 5.74) is 9.75. The van der Waals surface area contributed by atoms with Gasteiger partial charge in [-0.3, -0.25) is 13.6 Å². The second-order valence-electron chi connectivity index (χ2n) is 10.9. The van der Waals surface area contributed by atoms with E-state index in [2.05, 4.69) is 0 Å². The minimum absolute atomic E-state index is 0.103. The van der Waals surface area contributed by atoms with Gasteiger partial charge in [0.2, 0.25) is 5.78 Å². The van der Waals surface area contributed by atoms with Gasteiger partial charge in [0, 0.05) is 22.2 Å². The zero-order valence-electron chi connectivity index (χ0n) is 23.3. The van der Waals surface area contributed by atoms with Crippen molar-refractivity contribution in [3.8, 4) is 5.75 Å². The lowest BCUT2D eigenvalue weighted by Crippen LogP contribution is -2.16. The third-order valence-corrected chi connectivity index (χ3v) is 9.58.